The van der Waals surface area contributed by atoms with E-state index in [0.717, 1.165) is 34.2 Å². The molecule has 4 nitrogen and oxygen atoms in total. The van der Waals surface area contributed by atoms with Gasteiger partial charge in [0.15, 0.2) is 0 Å². The lowest BCUT2D eigenvalue weighted by Crippen LogP contribution is -2.09. The number of aromatic amines is 1. The van der Waals surface area contributed by atoms with E-state index in [9.17, 15) is 4.79 Å². The highest BCUT2D eigenvalue weighted by atomic mass is 32.2. The van der Waals surface area contributed by atoms with Crippen LogP contribution in [0.5, 0.6) is 0 Å². The van der Waals surface area contributed by atoms with Gasteiger partial charge < -0.3 is 10.1 Å². The van der Waals surface area contributed by atoms with Crippen molar-refractivity contribution in [2.75, 3.05) is 0 Å². The van der Waals surface area contributed by atoms with Gasteiger partial charge in [0.1, 0.15) is 10.9 Å². The molecule has 3 rings (SSSR count). The lowest BCUT2D eigenvalue weighted by Gasteiger charge is -2.04. The van der Waals surface area contributed by atoms with Gasteiger partial charge in [0, 0.05) is 16.9 Å². The third kappa shape index (κ3) is 3.05. The minimum atomic E-state index is -0.0913. The summed E-state index contributed by atoms with van der Waals surface area (Å²) in [6.45, 7) is 0.0417. The standard InChI is InChI=1S/C14H14N2O2S/c17-8-9-1-5-11(6-2-9)19-13-7-12(18)15-14(16-13)10-3-4-10/h1-2,5-7,10,17H,3-4,8H2,(H,15,16,18). The predicted molar refractivity (Wildman–Crippen MR) is 73.3 cm³/mol. The van der Waals surface area contributed by atoms with Crippen molar-refractivity contribution in [3.05, 3.63) is 52.1 Å². The van der Waals surface area contributed by atoms with Crippen LogP contribution in [-0.4, -0.2) is 15.1 Å². The number of hydrogen-bond donors (Lipinski definition) is 2. The zero-order chi connectivity index (χ0) is 13.2. The summed E-state index contributed by atoms with van der Waals surface area (Å²) < 4.78 is 0. The first-order valence-electron chi connectivity index (χ1n) is 6.23. The van der Waals surface area contributed by atoms with Gasteiger partial charge in [-0.3, -0.25) is 4.79 Å². The first-order chi connectivity index (χ1) is 9.24. The SMILES string of the molecule is O=c1cc(Sc2ccc(CO)cc2)nc(C2CC2)[nH]1. The Morgan fingerprint density at radius 3 is 2.68 bits per heavy atom. The number of rotatable bonds is 4. The molecule has 1 aromatic carbocycles. The topological polar surface area (TPSA) is 66.0 Å². The highest BCUT2D eigenvalue weighted by molar-refractivity contribution is 7.99. The zero-order valence-corrected chi connectivity index (χ0v) is 11.1. The first kappa shape index (κ1) is 12.4. The van der Waals surface area contributed by atoms with Crippen LogP contribution < -0.4 is 5.56 Å². The largest absolute Gasteiger partial charge is 0.392 e. The Bertz CT molecular complexity index is 633. The molecule has 1 fully saturated rings. The Kier molecular flexibility index (Phi) is 3.40. The van der Waals surface area contributed by atoms with Crippen LogP contribution in [0.25, 0.3) is 0 Å². The smallest absolute Gasteiger partial charge is 0.252 e. The molecule has 1 saturated carbocycles. The van der Waals surface area contributed by atoms with Crippen molar-refractivity contribution in [3.8, 4) is 0 Å². The minimum absolute atomic E-state index is 0.0417. The molecule has 2 aromatic rings. The van der Waals surface area contributed by atoms with Crippen molar-refractivity contribution in [1.82, 2.24) is 9.97 Å². The number of aliphatic hydroxyl groups excluding tert-OH is 1. The van der Waals surface area contributed by atoms with Crippen LogP contribution in [0.4, 0.5) is 0 Å². The van der Waals surface area contributed by atoms with Crippen LogP contribution in [-0.2, 0) is 6.61 Å². The summed E-state index contributed by atoms with van der Waals surface area (Å²) in [5, 5.41) is 9.72. The van der Waals surface area contributed by atoms with E-state index in [2.05, 4.69) is 9.97 Å². The molecule has 0 unspecified atom stereocenters. The predicted octanol–water partition coefficient (Wildman–Crippen LogP) is 2.29. The fourth-order valence-corrected chi connectivity index (χ4v) is 2.66. The van der Waals surface area contributed by atoms with Crippen molar-refractivity contribution >= 4 is 11.8 Å². The van der Waals surface area contributed by atoms with E-state index in [1.807, 2.05) is 24.3 Å². The first-order valence-corrected chi connectivity index (χ1v) is 7.05. The maximum absolute atomic E-state index is 11.6. The summed E-state index contributed by atoms with van der Waals surface area (Å²) in [6, 6.07) is 9.12. The van der Waals surface area contributed by atoms with Gasteiger partial charge in [-0.05, 0) is 30.5 Å². The minimum Gasteiger partial charge on any atom is -0.392 e. The monoisotopic (exact) mass is 274 g/mol. The molecule has 1 aliphatic carbocycles. The van der Waals surface area contributed by atoms with E-state index in [-0.39, 0.29) is 12.2 Å². The van der Waals surface area contributed by atoms with Gasteiger partial charge in [-0.2, -0.15) is 0 Å². The number of nitrogens with zero attached hydrogens (tertiary/aromatic N) is 1. The molecule has 19 heavy (non-hydrogen) atoms. The highest BCUT2D eigenvalue weighted by Crippen LogP contribution is 2.38. The second-order valence-electron chi connectivity index (χ2n) is 4.65. The summed E-state index contributed by atoms with van der Waals surface area (Å²) in [5.74, 6) is 1.24. The molecular weight excluding hydrogens is 260 g/mol. The summed E-state index contributed by atoms with van der Waals surface area (Å²) in [5.41, 5.74) is 0.785. The fourth-order valence-electron chi connectivity index (χ4n) is 1.84. The van der Waals surface area contributed by atoms with Crippen LogP contribution in [0.15, 0.2) is 45.0 Å². The lowest BCUT2D eigenvalue weighted by molar-refractivity contribution is 0.282. The van der Waals surface area contributed by atoms with Crippen LogP contribution in [0.3, 0.4) is 0 Å². The normalized spacial score (nSPS) is 14.6. The summed E-state index contributed by atoms with van der Waals surface area (Å²) in [6.07, 6.45) is 2.23. The Morgan fingerprint density at radius 1 is 1.32 bits per heavy atom. The van der Waals surface area contributed by atoms with Gasteiger partial charge in [-0.25, -0.2) is 4.98 Å². The molecular formula is C14H14N2O2S. The van der Waals surface area contributed by atoms with Crippen molar-refractivity contribution in [2.24, 2.45) is 0 Å². The second kappa shape index (κ2) is 5.19. The molecule has 5 heteroatoms. The van der Waals surface area contributed by atoms with Crippen molar-refractivity contribution in [2.45, 2.75) is 35.3 Å². The third-order valence-electron chi connectivity index (χ3n) is 3.03. The average Bonchev–Trinajstić information content (AvgIpc) is 3.23. The Labute approximate surface area is 114 Å². The van der Waals surface area contributed by atoms with Crippen LogP contribution in [0, 0.1) is 0 Å². The molecule has 1 heterocycles. The van der Waals surface area contributed by atoms with Crippen LogP contribution in [0.2, 0.25) is 0 Å². The molecule has 2 N–H and O–H groups in total. The maximum atomic E-state index is 11.6. The van der Waals surface area contributed by atoms with E-state index >= 15 is 0 Å². The molecule has 1 aliphatic rings. The molecule has 0 saturated heterocycles. The van der Waals surface area contributed by atoms with Gasteiger partial charge in [-0.1, -0.05) is 23.9 Å². The van der Waals surface area contributed by atoms with E-state index < -0.39 is 0 Å². The number of H-pyrrole nitrogens is 1. The molecule has 0 radical (unpaired) electrons. The molecule has 0 spiro atoms. The lowest BCUT2D eigenvalue weighted by atomic mass is 10.2. The van der Waals surface area contributed by atoms with E-state index in [0.29, 0.717) is 5.92 Å². The second-order valence-corrected chi connectivity index (χ2v) is 5.74. The maximum Gasteiger partial charge on any atom is 0.252 e. The fraction of sp³-hybridized carbons (Fsp3) is 0.286. The number of benzene rings is 1. The van der Waals surface area contributed by atoms with E-state index in [4.69, 9.17) is 5.11 Å². The summed E-state index contributed by atoms with van der Waals surface area (Å²) in [4.78, 5) is 19.9. The Morgan fingerprint density at radius 2 is 2.05 bits per heavy atom. The van der Waals surface area contributed by atoms with E-state index in [1.54, 1.807) is 0 Å². The molecule has 1 aromatic heterocycles. The van der Waals surface area contributed by atoms with Crippen molar-refractivity contribution in [1.29, 1.82) is 0 Å². The van der Waals surface area contributed by atoms with Gasteiger partial charge in [0.2, 0.25) is 0 Å². The van der Waals surface area contributed by atoms with Gasteiger partial charge in [0.25, 0.3) is 5.56 Å². The van der Waals surface area contributed by atoms with Gasteiger partial charge in [0.05, 0.1) is 6.61 Å². The number of aliphatic hydroxyl groups is 1. The highest BCUT2D eigenvalue weighted by Gasteiger charge is 2.26. The number of hydrogen-bond acceptors (Lipinski definition) is 4. The summed E-state index contributed by atoms with van der Waals surface area (Å²) in [7, 11) is 0. The average molecular weight is 274 g/mol. The Balaban J connectivity index is 1.83. The van der Waals surface area contributed by atoms with Crippen molar-refractivity contribution < 1.29 is 5.11 Å². The van der Waals surface area contributed by atoms with Crippen molar-refractivity contribution in [3.63, 3.8) is 0 Å². The summed E-state index contributed by atoms with van der Waals surface area (Å²) >= 11 is 1.47. The van der Waals surface area contributed by atoms with Crippen LogP contribution in [0.1, 0.15) is 30.1 Å². The molecule has 0 amide bonds. The molecule has 98 valence electrons. The quantitative estimate of drug-likeness (QED) is 0.840. The number of nitrogens with one attached hydrogen (secondary N) is 1. The molecule has 0 aliphatic heterocycles. The Hall–Kier alpha value is -1.59. The molecule has 0 bridgehead atoms. The van der Waals surface area contributed by atoms with Gasteiger partial charge >= 0.3 is 0 Å². The number of aromatic nitrogens is 2. The third-order valence-corrected chi connectivity index (χ3v) is 3.96. The van der Waals surface area contributed by atoms with Gasteiger partial charge in [-0.15, -0.1) is 0 Å². The van der Waals surface area contributed by atoms with E-state index in [1.165, 1.54) is 17.8 Å². The van der Waals surface area contributed by atoms with Crippen LogP contribution >= 0.6 is 11.8 Å². The zero-order valence-electron chi connectivity index (χ0n) is 10.3. The molecule has 0 atom stereocenters.